The van der Waals surface area contributed by atoms with Crippen molar-refractivity contribution in [3.63, 3.8) is 0 Å². The Hall–Kier alpha value is -2.98. The van der Waals surface area contributed by atoms with Gasteiger partial charge in [-0.25, -0.2) is 4.79 Å². The lowest BCUT2D eigenvalue weighted by Crippen LogP contribution is -2.45. The highest BCUT2D eigenvalue weighted by Gasteiger charge is 2.39. The largest absolute Gasteiger partial charge is 0.465 e. The quantitative estimate of drug-likeness (QED) is 0.378. The molecule has 0 bridgehead atoms. The van der Waals surface area contributed by atoms with Gasteiger partial charge in [0.05, 0.1) is 25.4 Å². The highest BCUT2D eigenvalue weighted by molar-refractivity contribution is 5.91. The van der Waals surface area contributed by atoms with E-state index < -0.39 is 18.3 Å². The Morgan fingerprint density at radius 3 is 2.25 bits per heavy atom. The number of ether oxygens (including phenoxy) is 3. The number of hydrogen-bond donors (Lipinski definition) is 3. The van der Waals surface area contributed by atoms with Gasteiger partial charge in [-0.2, -0.15) is 0 Å². The molecule has 2 aromatic carbocycles. The lowest BCUT2D eigenvalue weighted by molar-refractivity contribution is -0.276. The molecule has 2 aliphatic rings. The van der Waals surface area contributed by atoms with Gasteiger partial charge in [0.15, 0.2) is 6.29 Å². The number of urea groups is 1. The second-order valence-corrected chi connectivity index (χ2v) is 10.6. The summed E-state index contributed by atoms with van der Waals surface area (Å²) in [4.78, 5) is 26.2. The number of nitrogens with zero attached hydrogens (tertiary/aromatic N) is 1. The number of carbonyl (C=O) groups excluding carboxylic acids is 2. The number of rotatable bonds is 9. The van der Waals surface area contributed by atoms with E-state index in [9.17, 15) is 14.7 Å². The lowest BCUT2D eigenvalue weighted by Gasteiger charge is -2.43. The average molecular weight is 554 g/mol. The summed E-state index contributed by atoms with van der Waals surface area (Å²) in [5.74, 6) is -0.356. The van der Waals surface area contributed by atoms with Crippen molar-refractivity contribution in [1.29, 1.82) is 0 Å². The third-order valence-corrected chi connectivity index (χ3v) is 7.65. The fourth-order valence-electron chi connectivity index (χ4n) is 5.34. The average Bonchev–Trinajstić information content (AvgIpc) is 2.95. The topological polar surface area (TPSA) is 109 Å². The molecule has 9 nitrogen and oxygen atoms in total. The molecule has 4 rings (SSSR count). The van der Waals surface area contributed by atoms with Gasteiger partial charge in [0.25, 0.3) is 0 Å². The minimum atomic E-state index is -0.565. The number of esters is 1. The van der Waals surface area contributed by atoms with Gasteiger partial charge in [-0.3, -0.25) is 4.79 Å². The third kappa shape index (κ3) is 8.51. The Balaban J connectivity index is 1.46. The van der Waals surface area contributed by atoms with Crippen LogP contribution in [0.3, 0.4) is 0 Å². The van der Waals surface area contributed by atoms with Crippen LogP contribution in [0.15, 0.2) is 48.5 Å². The number of nitrogens with one attached hydrogen (secondary N) is 2. The molecule has 2 heterocycles. The summed E-state index contributed by atoms with van der Waals surface area (Å²) in [6, 6.07) is 14.8. The molecule has 3 N–H and O–H groups in total. The summed E-state index contributed by atoms with van der Waals surface area (Å²) in [5, 5.41) is 14.7. The Bertz CT molecular complexity index is 1070. The van der Waals surface area contributed by atoms with E-state index in [0.29, 0.717) is 5.69 Å². The fraction of sp³-hybridized carbons (Fsp3) is 0.548. The van der Waals surface area contributed by atoms with Gasteiger partial charge in [0, 0.05) is 23.7 Å². The van der Waals surface area contributed by atoms with Crippen molar-refractivity contribution in [2.75, 3.05) is 38.1 Å². The lowest BCUT2D eigenvalue weighted by atomic mass is 9.89. The molecule has 2 fully saturated rings. The van der Waals surface area contributed by atoms with E-state index in [2.05, 4.69) is 22.5 Å². The zero-order valence-electron chi connectivity index (χ0n) is 23.6. The number of hydrogen-bond acceptors (Lipinski definition) is 7. The molecule has 0 unspecified atom stereocenters. The van der Waals surface area contributed by atoms with Crippen LogP contribution in [0.5, 0.6) is 0 Å². The Morgan fingerprint density at radius 2 is 1.60 bits per heavy atom. The van der Waals surface area contributed by atoms with Gasteiger partial charge in [-0.1, -0.05) is 62.6 Å². The van der Waals surface area contributed by atoms with Crippen molar-refractivity contribution in [1.82, 2.24) is 10.2 Å². The van der Waals surface area contributed by atoms with Crippen molar-refractivity contribution in [3.8, 4) is 0 Å². The molecule has 2 saturated heterocycles. The van der Waals surface area contributed by atoms with Gasteiger partial charge in [-0.05, 0) is 56.1 Å². The van der Waals surface area contributed by atoms with Crippen LogP contribution in [0.4, 0.5) is 10.5 Å². The van der Waals surface area contributed by atoms with Gasteiger partial charge in [0.2, 0.25) is 0 Å². The first-order valence-electron chi connectivity index (χ1n) is 14.5. The van der Waals surface area contributed by atoms with E-state index in [0.717, 1.165) is 36.3 Å². The van der Waals surface area contributed by atoms with Gasteiger partial charge in [0.1, 0.15) is 6.54 Å². The van der Waals surface area contributed by atoms with Crippen LogP contribution in [0.1, 0.15) is 75.0 Å². The van der Waals surface area contributed by atoms with Gasteiger partial charge < -0.3 is 34.9 Å². The molecular formula is C31H43N3O6. The number of aliphatic hydroxyl groups is 1. The molecule has 218 valence electrons. The zero-order valence-corrected chi connectivity index (χ0v) is 23.6. The first-order valence-corrected chi connectivity index (χ1v) is 14.5. The molecule has 0 aliphatic carbocycles. The Labute approximate surface area is 237 Å². The van der Waals surface area contributed by atoms with Crippen molar-refractivity contribution in [2.45, 2.75) is 71.1 Å². The Morgan fingerprint density at radius 1 is 0.950 bits per heavy atom. The minimum Gasteiger partial charge on any atom is -0.465 e. The van der Waals surface area contributed by atoms with E-state index in [1.807, 2.05) is 36.4 Å². The van der Waals surface area contributed by atoms with E-state index in [1.54, 1.807) is 19.1 Å². The van der Waals surface area contributed by atoms with Crippen LogP contribution in [0.2, 0.25) is 0 Å². The second kappa shape index (κ2) is 15.1. The summed E-state index contributed by atoms with van der Waals surface area (Å²) < 4.78 is 18.0. The van der Waals surface area contributed by atoms with Crippen LogP contribution in [0, 0.1) is 5.92 Å². The van der Waals surface area contributed by atoms with Gasteiger partial charge >= 0.3 is 12.0 Å². The summed E-state index contributed by atoms with van der Waals surface area (Å²) in [6.07, 6.45) is 5.57. The van der Waals surface area contributed by atoms with Crippen molar-refractivity contribution in [2.24, 2.45) is 5.92 Å². The second-order valence-electron chi connectivity index (χ2n) is 10.6. The highest BCUT2D eigenvalue weighted by atomic mass is 16.7. The number of likely N-dealkylation sites (tertiary alicyclic amines) is 1. The van der Waals surface area contributed by atoms with Gasteiger partial charge in [-0.15, -0.1) is 0 Å². The molecule has 2 aromatic rings. The first-order chi connectivity index (χ1) is 19.5. The number of carbonyl (C=O) groups is 2. The number of anilines is 1. The monoisotopic (exact) mass is 553 g/mol. The van der Waals surface area contributed by atoms with Crippen LogP contribution in [-0.4, -0.2) is 60.9 Å². The molecule has 9 heteroatoms. The maximum atomic E-state index is 12.2. The molecule has 0 spiro atoms. The van der Waals surface area contributed by atoms with E-state index in [4.69, 9.17) is 14.2 Å². The third-order valence-electron chi connectivity index (χ3n) is 7.65. The molecule has 40 heavy (non-hydrogen) atoms. The number of benzene rings is 2. The minimum absolute atomic E-state index is 0.00586. The summed E-state index contributed by atoms with van der Waals surface area (Å²) in [6.45, 7) is 7.02. The van der Waals surface area contributed by atoms with E-state index in [1.165, 1.54) is 32.1 Å². The number of amides is 2. The standard InChI is InChI=1S/C31H43N3O6/c1-3-38-28(36)19-32-31(37)33-26-15-13-25(14-16-26)30-39-27(20-34-17-7-5-4-6-8-18-34)22(2)29(40-30)24-11-9-23(21-35)10-12-24/h9-16,22,27,29-30,35H,3-8,17-21H2,1-2H3,(H2,32,33,37)/t22-,27+,29+,30+/m1/s1. The van der Waals surface area contributed by atoms with Crippen molar-refractivity contribution >= 4 is 17.7 Å². The summed E-state index contributed by atoms with van der Waals surface area (Å²) in [7, 11) is 0. The molecule has 4 atom stereocenters. The van der Waals surface area contributed by atoms with Crippen LogP contribution >= 0.6 is 0 Å². The predicted molar refractivity (Wildman–Crippen MR) is 153 cm³/mol. The maximum Gasteiger partial charge on any atom is 0.325 e. The smallest absolute Gasteiger partial charge is 0.325 e. The predicted octanol–water partition coefficient (Wildman–Crippen LogP) is 4.92. The summed E-state index contributed by atoms with van der Waals surface area (Å²) in [5.41, 5.74) is 3.38. The molecule has 2 amide bonds. The van der Waals surface area contributed by atoms with Crippen LogP contribution < -0.4 is 10.6 Å². The highest BCUT2D eigenvalue weighted by Crippen LogP contribution is 2.42. The molecule has 0 saturated carbocycles. The van der Waals surface area contributed by atoms with Crippen LogP contribution in [0.25, 0.3) is 0 Å². The van der Waals surface area contributed by atoms with E-state index >= 15 is 0 Å². The van der Waals surface area contributed by atoms with Crippen LogP contribution in [-0.2, 0) is 25.6 Å². The SMILES string of the molecule is CCOC(=O)CNC(=O)Nc1ccc([C@H]2O[C@@H](CN3CCCCCCC3)[C@@H](C)[C@@H](c3ccc(CO)cc3)O2)cc1. The molecule has 2 aliphatic heterocycles. The molecule has 0 radical (unpaired) electrons. The normalized spacial score (nSPS) is 24.0. The van der Waals surface area contributed by atoms with Crippen molar-refractivity contribution in [3.05, 3.63) is 65.2 Å². The van der Waals surface area contributed by atoms with E-state index in [-0.39, 0.29) is 37.9 Å². The molecule has 0 aromatic heterocycles. The molecular weight excluding hydrogens is 510 g/mol. The van der Waals surface area contributed by atoms with Crippen molar-refractivity contribution < 1.29 is 28.9 Å². The zero-order chi connectivity index (χ0) is 28.3. The summed E-state index contributed by atoms with van der Waals surface area (Å²) >= 11 is 0. The fourth-order valence-corrected chi connectivity index (χ4v) is 5.34. The maximum absolute atomic E-state index is 12.2. The first kappa shape index (κ1) is 30.0. The Kier molecular flexibility index (Phi) is 11.3. The number of aliphatic hydroxyl groups excluding tert-OH is 1.